The number of halogens is 1. The van der Waals surface area contributed by atoms with Gasteiger partial charge in [-0.05, 0) is 54.2 Å². The molecule has 128 valence electrons. The summed E-state index contributed by atoms with van der Waals surface area (Å²) in [5.41, 5.74) is 3.78. The average Bonchev–Trinajstić information content (AvgIpc) is 2.63. The molecule has 0 saturated heterocycles. The molecule has 0 bridgehead atoms. The molecule has 1 aliphatic heterocycles. The van der Waals surface area contributed by atoms with Gasteiger partial charge in [0.1, 0.15) is 0 Å². The van der Waals surface area contributed by atoms with Gasteiger partial charge in [0.25, 0.3) is 5.69 Å². The van der Waals surface area contributed by atoms with Crippen LogP contribution in [-0.2, 0) is 11.2 Å². The molecule has 0 aromatic heterocycles. The lowest BCUT2D eigenvalue weighted by Crippen LogP contribution is -2.27. The smallest absolute Gasteiger partial charge is 0.269 e. The predicted octanol–water partition coefficient (Wildman–Crippen LogP) is 4.45. The van der Waals surface area contributed by atoms with Crippen molar-refractivity contribution in [3.63, 3.8) is 0 Å². The molecule has 0 saturated carbocycles. The molecule has 0 spiro atoms. The zero-order valence-corrected chi connectivity index (χ0v) is 14.3. The summed E-state index contributed by atoms with van der Waals surface area (Å²) in [6.45, 7) is 0.641. The molecular formula is C19H17ClN2O3. The zero-order valence-electron chi connectivity index (χ0n) is 13.5. The Bertz CT molecular complexity index is 831. The summed E-state index contributed by atoms with van der Waals surface area (Å²) in [7, 11) is 0. The third-order valence-electron chi connectivity index (χ3n) is 4.34. The Morgan fingerprint density at radius 2 is 1.88 bits per heavy atom. The van der Waals surface area contributed by atoms with Crippen molar-refractivity contribution in [2.24, 2.45) is 0 Å². The predicted molar refractivity (Wildman–Crippen MR) is 97.2 cm³/mol. The molecule has 5 nitrogen and oxygen atoms in total. The molecule has 0 radical (unpaired) electrons. The lowest BCUT2D eigenvalue weighted by Gasteiger charge is -2.30. The Morgan fingerprint density at radius 1 is 1.16 bits per heavy atom. The molecule has 0 aliphatic carbocycles. The largest absolute Gasteiger partial charge is 0.314 e. The van der Waals surface area contributed by atoms with Crippen LogP contribution in [0, 0.1) is 10.1 Å². The lowest BCUT2D eigenvalue weighted by molar-refractivity contribution is -0.384. The third kappa shape index (κ3) is 3.72. The van der Waals surface area contributed by atoms with E-state index in [1.54, 1.807) is 17.0 Å². The van der Waals surface area contributed by atoms with Crippen molar-refractivity contribution in [1.29, 1.82) is 0 Å². The number of carbonyl (C=O) groups is 1. The first-order valence-corrected chi connectivity index (χ1v) is 8.40. The van der Waals surface area contributed by atoms with E-state index < -0.39 is 4.92 Å². The van der Waals surface area contributed by atoms with Gasteiger partial charge in [-0.2, -0.15) is 0 Å². The fraction of sp³-hybridized carbons (Fsp3) is 0.211. The van der Waals surface area contributed by atoms with Gasteiger partial charge in [-0.3, -0.25) is 14.9 Å². The van der Waals surface area contributed by atoms with Crippen LogP contribution in [0.4, 0.5) is 5.69 Å². The highest BCUT2D eigenvalue weighted by Gasteiger charge is 2.22. The number of amides is 1. The molecule has 3 rings (SSSR count). The third-order valence-corrected chi connectivity index (χ3v) is 4.71. The number of rotatable bonds is 5. The van der Waals surface area contributed by atoms with E-state index in [0.29, 0.717) is 18.0 Å². The van der Waals surface area contributed by atoms with Crippen LogP contribution in [0.25, 0.3) is 5.70 Å². The number of non-ortho nitro benzene ring substituents is 1. The van der Waals surface area contributed by atoms with E-state index >= 15 is 0 Å². The Morgan fingerprint density at radius 3 is 2.52 bits per heavy atom. The summed E-state index contributed by atoms with van der Waals surface area (Å²) in [5, 5.41) is 11.6. The maximum absolute atomic E-state index is 11.5. The molecule has 1 heterocycles. The van der Waals surface area contributed by atoms with E-state index in [0.717, 1.165) is 41.6 Å². The molecule has 1 amide bonds. The molecule has 6 heteroatoms. The first kappa shape index (κ1) is 17.2. The summed E-state index contributed by atoms with van der Waals surface area (Å²) in [6.07, 6.45) is 3.22. The van der Waals surface area contributed by atoms with Gasteiger partial charge in [0, 0.05) is 23.7 Å². The van der Waals surface area contributed by atoms with Crippen LogP contribution >= 0.6 is 11.6 Å². The number of nitro benzene ring substituents is 1. The van der Waals surface area contributed by atoms with E-state index in [2.05, 4.69) is 0 Å². The van der Waals surface area contributed by atoms with Gasteiger partial charge in [0.15, 0.2) is 0 Å². The van der Waals surface area contributed by atoms with E-state index in [1.807, 2.05) is 24.3 Å². The molecular weight excluding hydrogens is 340 g/mol. The van der Waals surface area contributed by atoms with Gasteiger partial charge in [0.05, 0.1) is 10.6 Å². The number of carbonyl (C=O) groups excluding carboxylic acids is 1. The van der Waals surface area contributed by atoms with Crippen LogP contribution in [0.1, 0.15) is 24.0 Å². The number of nitro groups is 1. The van der Waals surface area contributed by atoms with Gasteiger partial charge < -0.3 is 4.90 Å². The summed E-state index contributed by atoms with van der Waals surface area (Å²) in [5.74, 6) is 0. The van der Waals surface area contributed by atoms with Crippen molar-refractivity contribution < 1.29 is 9.72 Å². The fourth-order valence-electron chi connectivity index (χ4n) is 3.16. The molecule has 2 aromatic rings. The average molecular weight is 357 g/mol. The fourth-order valence-corrected chi connectivity index (χ4v) is 3.36. The highest BCUT2D eigenvalue weighted by atomic mass is 35.5. The Hall–Kier alpha value is -2.66. The summed E-state index contributed by atoms with van der Waals surface area (Å²) < 4.78 is 0. The highest BCUT2D eigenvalue weighted by Crippen LogP contribution is 2.33. The molecule has 0 N–H and O–H groups in total. The number of hydrogen-bond acceptors (Lipinski definition) is 3. The topological polar surface area (TPSA) is 63.5 Å². The van der Waals surface area contributed by atoms with Gasteiger partial charge >= 0.3 is 0 Å². The van der Waals surface area contributed by atoms with E-state index in [4.69, 9.17) is 11.6 Å². The van der Waals surface area contributed by atoms with Gasteiger partial charge in [-0.1, -0.05) is 29.8 Å². The quantitative estimate of drug-likeness (QED) is 0.451. The Balaban J connectivity index is 2.04. The van der Waals surface area contributed by atoms with Gasteiger partial charge in [0.2, 0.25) is 6.41 Å². The van der Waals surface area contributed by atoms with E-state index in [9.17, 15) is 14.9 Å². The molecule has 0 atom stereocenters. The van der Waals surface area contributed by atoms with Crippen LogP contribution in [-0.4, -0.2) is 22.8 Å². The van der Waals surface area contributed by atoms with Crippen LogP contribution in [0.3, 0.4) is 0 Å². The standard InChI is InChI=1S/C19H17ClN2O3/c20-18-6-2-1-4-15(18)12-16-5-3-11-21(13-23)19(16)14-7-9-17(10-8-14)22(24)25/h1-2,4,6-10,13H,3,5,11-12H2. The first-order valence-electron chi connectivity index (χ1n) is 8.02. The van der Waals surface area contributed by atoms with Crippen LogP contribution < -0.4 is 0 Å². The zero-order chi connectivity index (χ0) is 17.8. The van der Waals surface area contributed by atoms with Crippen molar-refractivity contribution in [3.8, 4) is 0 Å². The van der Waals surface area contributed by atoms with Crippen molar-refractivity contribution in [3.05, 3.63) is 80.4 Å². The summed E-state index contributed by atoms with van der Waals surface area (Å²) >= 11 is 6.28. The number of nitrogens with zero attached hydrogens (tertiary/aromatic N) is 2. The lowest BCUT2D eigenvalue weighted by atomic mass is 9.92. The van der Waals surface area contributed by atoms with Crippen molar-refractivity contribution >= 4 is 29.4 Å². The minimum absolute atomic E-state index is 0.0328. The van der Waals surface area contributed by atoms with Crippen molar-refractivity contribution in [2.75, 3.05) is 6.54 Å². The molecule has 25 heavy (non-hydrogen) atoms. The van der Waals surface area contributed by atoms with E-state index in [1.165, 1.54) is 12.1 Å². The van der Waals surface area contributed by atoms with Crippen LogP contribution in [0.15, 0.2) is 54.1 Å². The first-order chi connectivity index (χ1) is 12.1. The minimum atomic E-state index is -0.429. The Labute approximate surface area is 150 Å². The summed E-state index contributed by atoms with van der Waals surface area (Å²) in [4.78, 5) is 23.7. The highest BCUT2D eigenvalue weighted by molar-refractivity contribution is 6.31. The van der Waals surface area contributed by atoms with E-state index in [-0.39, 0.29) is 5.69 Å². The number of hydrogen-bond donors (Lipinski definition) is 0. The molecule has 0 unspecified atom stereocenters. The summed E-state index contributed by atoms with van der Waals surface area (Å²) in [6, 6.07) is 14.0. The number of benzene rings is 2. The van der Waals surface area contributed by atoms with Crippen molar-refractivity contribution in [2.45, 2.75) is 19.3 Å². The second kappa shape index (κ2) is 7.49. The monoisotopic (exact) mass is 356 g/mol. The SMILES string of the molecule is O=CN1CCCC(Cc2ccccc2Cl)=C1c1ccc([N+](=O)[O-])cc1. The Kier molecular flexibility index (Phi) is 5.14. The van der Waals surface area contributed by atoms with Crippen LogP contribution in [0.5, 0.6) is 0 Å². The van der Waals surface area contributed by atoms with Crippen molar-refractivity contribution in [1.82, 2.24) is 4.90 Å². The maximum atomic E-state index is 11.5. The normalized spacial score (nSPS) is 14.5. The minimum Gasteiger partial charge on any atom is -0.314 e. The molecule has 0 fully saturated rings. The second-order valence-electron chi connectivity index (χ2n) is 5.93. The maximum Gasteiger partial charge on any atom is 0.269 e. The molecule has 1 aliphatic rings. The number of allylic oxidation sites excluding steroid dienone is 1. The molecule has 2 aromatic carbocycles. The second-order valence-corrected chi connectivity index (χ2v) is 6.33. The van der Waals surface area contributed by atoms with Gasteiger partial charge in [-0.25, -0.2) is 0 Å². The van der Waals surface area contributed by atoms with Crippen LogP contribution in [0.2, 0.25) is 5.02 Å². The van der Waals surface area contributed by atoms with Gasteiger partial charge in [-0.15, -0.1) is 0 Å².